The molecule has 0 N–H and O–H groups in total. The van der Waals surface area contributed by atoms with Crippen LogP contribution in [0.5, 0.6) is 0 Å². The maximum absolute atomic E-state index is 11.7. The van der Waals surface area contributed by atoms with Gasteiger partial charge in [-0.05, 0) is 25.1 Å². The first-order chi connectivity index (χ1) is 6.66. The van der Waals surface area contributed by atoms with Gasteiger partial charge in [0.1, 0.15) is 0 Å². The Kier molecular flexibility index (Phi) is 3.46. The number of carbonyl (C=O) groups is 1. The molecule has 0 aliphatic carbocycles. The zero-order chi connectivity index (χ0) is 10.6. The molecular weight excluding hydrogens is 174 g/mol. The maximum atomic E-state index is 11.7. The highest BCUT2D eigenvalue weighted by Gasteiger charge is 2.08. The first kappa shape index (κ1) is 10.5. The molecular formula is C12H15NO. The number of benzene rings is 1. The van der Waals surface area contributed by atoms with E-state index in [1.165, 1.54) is 0 Å². The normalized spacial score (nSPS) is 10.5. The molecule has 0 aromatic heterocycles. The lowest BCUT2D eigenvalue weighted by Gasteiger charge is -2.15. The molecule has 74 valence electrons. The molecule has 0 unspecified atom stereocenters. The van der Waals surface area contributed by atoms with Gasteiger partial charge in [-0.2, -0.15) is 0 Å². The van der Waals surface area contributed by atoms with Gasteiger partial charge in [-0.15, -0.1) is 0 Å². The Labute approximate surface area is 84.9 Å². The summed E-state index contributed by atoms with van der Waals surface area (Å²) in [4.78, 5) is 13.6. The van der Waals surface area contributed by atoms with Crippen LogP contribution in [-0.2, 0) is 0 Å². The van der Waals surface area contributed by atoms with E-state index in [0.717, 1.165) is 11.3 Å². The summed E-state index contributed by atoms with van der Waals surface area (Å²) in [6.45, 7) is 1.84. The summed E-state index contributed by atoms with van der Waals surface area (Å²) in [5.74, 6) is 0.0526. The van der Waals surface area contributed by atoms with Gasteiger partial charge in [0.2, 0.25) is 0 Å². The van der Waals surface area contributed by atoms with Gasteiger partial charge in [0.05, 0.1) is 0 Å². The van der Waals surface area contributed by atoms with E-state index >= 15 is 0 Å². The van der Waals surface area contributed by atoms with Crippen LogP contribution in [0.25, 0.3) is 0 Å². The second kappa shape index (κ2) is 4.61. The van der Waals surface area contributed by atoms with Crippen LogP contribution in [0.4, 0.5) is 5.69 Å². The molecule has 1 aromatic carbocycles. The molecule has 2 nitrogen and oxygen atoms in total. The molecule has 0 atom stereocenters. The second-order valence-corrected chi connectivity index (χ2v) is 3.28. The first-order valence-electron chi connectivity index (χ1n) is 4.60. The van der Waals surface area contributed by atoms with Gasteiger partial charge >= 0.3 is 0 Å². The highest BCUT2D eigenvalue weighted by molar-refractivity contribution is 6.08. The number of hydrogen-bond acceptors (Lipinski definition) is 2. The number of rotatable bonds is 3. The summed E-state index contributed by atoms with van der Waals surface area (Å²) >= 11 is 0. The van der Waals surface area contributed by atoms with E-state index in [1.54, 1.807) is 12.2 Å². The standard InChI is InChI=1S/C12H15NO/c1-4-7-12(14)10-8-5-6-9-11(10)13(2)3/h4-9H,1-3H3. The van der Waals surface area contributed by atoms with Gasteiger partial charge in [0.25, 0.3) is 0 Å². The molecule has 0 bridgehead atoms. The number of ketones is 1. The number of hydrogen-bond donors (Lipinski definition) is 0. The van der Waals surface area contributed by atoms with Gasteiger partial charge in [-0.3, -0.25) is 4.79 Å². The van der Waals surface area contributed by atoms with Crippen LogP contribution in [0.3, 0.4) is 0 Å². The molecule has 0 saturated carbocycles. The van der Waals surface area contributed by atoms with Crippen LogP contribution in [0.1, 0.15) is 17.3 Å². The van der Waals surface area contributed by atoms with E-state index in [0.29, 0.717) is 0 Å². The van der Waals surface area contributed by atoms with Gasteiger partial charge in [0, 0.05) is 25.3 Å². The molecule has 0 saturated heterocycles. The average Bonchev–Trinajstić information content (AvgIpc) is 2.18. The zero-order valence-corrected chi connectivity index (χ0v) is 8.82. The van der Waals surface area contributed by atoms with Gasteiger partial charge in [-0.25, -0.2) is 0 Å². The third kappa shape index (κ3) is 2.22. The predicted octanol–water partition coefficient (Wildman–Crippen LogP) is 2.51. The largest absolute Gasteiger partial charge is 0.377 e. The van der Waals surface area contributed by atoms with E-state index in [4.69, 9.17) is 0 Å². The second-order valence-electron chi connectivity index (χ2n) is 3.28. The summed E-state index contributed by atoms with van der Waals surface area (Å²) in [5, 5.41) is 0. The SMILES string of the molecule is CC=CC(=O)c1ccccc1N(C)C. The van der Waals surface area contributed by atoms with Crippen LogP contribution in [0.2, 0.25) is 0 Å². The minimum atomic E-state index is 0.0526. The van der Waals surface area contributed by atoms with Crippen molar-refractivity contribution in [3.63, 3.8) is 0 Å². The number of nitrogens with zero attached hydrogens (tertiary/aromatic N) is 1. The Morgan fingerprint density at radius 3 is 2.50 bits per heavy atom. The monoisotopic (exact) mass is 189 g/mol. The number of anilines is 1. The van der Waals surface area contributed by atoms with Crippen LogP contribution in [-0.4, -0.2) is 19.9 Å². The van der Waals surface area contributed by atoms with E-state index in [-0.39, 0.29) is 5.78 Å². The summed E-state index contributed by atoms with van der Waals surface area (Å²) in [6.07, 6.45) is 3.34. The molecule has 2 heteroatoms. The molecule has 1 aromatic rings. The number of allylic oxidation sites excluding steroid dienone is 2. The summed E-state index contributed by atoms with van der Waals surface area (Å²) in [6, 6.07) is 7.60. The van der Waals surface area contributed by atoms with Gasteiger partial charge < -0.3 is 4.90 Å². The Morgan fingerprint density at radius 1 is 1.29 bits per heavy atom. The number of para-hydroxylation sites is 1. The highest BCUT2D eigenvalue weighted by Crippen LogP contribution is 2.18. The minimum absolute atomic E-state index is 0.0526. The van der Waals surface area contributed by atoms with E-state index in [1.807, 2.05) is 50.2 Å². The molecule has 0 heterocycles. The van der Waals surface area contributed by atoms with Crippen LogP contribution >= 0.6 is 0 Å². The van der Waals surface area contributed by atoms with Crippen molar-refractivity contribution in [3.8, 4) is 0 Å². The van der Waals surface area contributed by atoms with Crippen molar-refractivity contribution < 1.29 is 4.79 Å². The van der Waals surface area contributed by atoms with Crippen LogP contribution in [0, 0.1) is 0 Å². The van der Waals surface area contributed by atoms with E-state index < -0.39 is 0 Å². The molecule has 0 amide bonds. The Bertz CT molecular complexity index is 353. The molecule has 0 spiro atoms. The Hall–Kier alpha value is -1.57. The van der Waals surface area contributed by atoms with Crippen molar-refractivity contribution in [1.29, 1.82) is 0 Å². The topological polar surface area (TPSA) is 20.3 Å². The van der Waals surface area contributed by atoms with Crippen molar-refractivity contribution in [2.45, 2.75) is 6.92 Å². The van der Waals surface area contributed by atoms with Crippen molar-refractivity contribution in [2.24, 2.45) is 0 Å². The van der Waals surface area contributed by atoms with E-state index in [2.05, 4.69) is 0 Å². The third-order valence-electron chi connectivity index (χ3n) is 1.97. The molecule has 0 aliphatic rings. The molecule has 0 fully saturated rings. The van der Waals surface area contributed by atoms with Crippen molar-refractivity contribution >= 4 is 11.5 Å². The summed E-state index contributed by atoms with van der Waals surface area (Å²) in [5.41, 5.74) is 1.70. The molecule has 14 heavy (non-hydrogen) atoms. The maximum Gasteiger partial charge on any atom is 0.187 e. The Balaban J connectivity index is 3.13. The lowest BCUT2D eigenvalue weighted by atomic mass is 10.1. The fourth-order valence-electron chi connectivity index (χ4n) is 1.31. The zero-order valence-electron chi connectivity index (χ0n) is 8.82. The lowest BCUT2D eigenvalue weighted by molar-refractivity contribution is 0.104. The minimum Gasteiger partial charge on any atom is -0.377 e. The Morgan fingerprint density at radius 2 is 1.93 bits per heavy atom. The first-order valence-corrected chi connectivity index (χ1v) is 4.60. The van der Waals surface area contributed by atoms with Gasteiger partial charge in [0.15, 0.2) is 5.78 Å². The highest BCUT2D eigenvalue weighted by atomic mass is 16.1. The molecule has 0 radical (unpaired) electrons. The van der Waals surface area contributed by atoms with Crippen LogP contribution < -0.4 is 4.90 Å². The summed E-state index contributed by atoms with van der Waals surface area (Å²) in [7, 11) is 3.86. The van der Waals surface area contributed by atoms with Crippen molar-refractivity contribution in [3.05, 3.63) is 42.0 Å². The van der Waals surface area contributed by atoms with Crippen LogP contribution in [0.15, 0.2) is 36.4 Å². The van der Waals surface area contributed by atoms with E-state index in [9.17, 15) is 4.79 Å². The fraction of sp³-hybridized carbons (Fsp3) is 0.250. The van der Waals surface area contributed by atoms with Gasteiger partial charge in [-0.1, -0.05) is 18.2 Å². The third-order valence-corrected chi connectivity index (χ3v) is 1.97. The predicted molar refractivity (Wildman–Crippen MR) is 59.9 cm³/mol. The lowest BCUT2D eigenvalue weighted by Crippen LogP contribution is -2.12. The van der Waals surface area contributed by atoms with Crippen molar-refractivity contribution in [2.75, 3.05) is 19.0 Å². The quantitative estimate of drug-likeness (QED) is 0.538. The summed E-state index contributed by atoms with van der Waals surface area (Å²) < 4.78 is 0. The number of carbonyl (C=O) groups excluding carboxylic acids is 1. The molecule has 0 aliphatic heterocycles. The van der Waals surface area contributed by atoms with Crippen molar-refractivity contribution in [1.82, 2.24) is 0 Å². The fourth-order valence-corrected chi connectivity index (χ4v) is 1.31. The average molecular weight is 189 g/mol. The molecule has 1 rings (SSSR count). The smallest absolute Gasteiger partial charge is 0.187 e.